The van der Waals surface area contributed by atoms with E-state index < -0.39 is 5.97 Å². The molecule has 0 aromatic heterocycles. The minimum Gasteiger partial charge on any atom is -0.487 e. The van der Waals surface area contributed by atoms with Gasteiger partial charge < -0.3 is 14.8 Å². The summed E-state index contributed by atoms with van der Waals surface area (Å²) in [5.41, 5.74) is 1.75. The van der Waals surface area contributed by atoms with E-state index in [-0.39, 0.29) is 18.7 Å². The van der Waals surface area contributed by atoms with Crippen molar-refractivity contribution >= 4 is 17.7 Å². The highest BCUT2D eigenvalue weighted by atomic mass is 16.5. The van der Waals surface area contributed by atoms with E-state index in [0.29, 0.717) is 18.9 Å². The molecule has 1 heterocycles. The molecule has 1 aliphatic heterocycles. The van der Waals surface area contributed by atoms with Crippen molar-refractivity contribution in [3.05, 3.63) is 23.8 Å². The number of ether oxygens (including phenoxy) is 2. The fraction of sp³-hybridized carbons (Fsp3) is 0.467. The first-order valence-corrected chi connectivity index (χ1v) is 6.99. The number of esters is 1. The first-order valence-electron chi connectivity index (χ1n) is 6.99. The van der Waals surface area contributed by atoms with Crippen LogP contribution in [0.1, 0.15) is 19.4 Å². The zero-order chi connectivity index (χ0) is 15.4. The largest absolute Gasteiger partial charge is 0.487 e. The molecular formula is C15H20N2O4. The molecule has 0 fully saturated rings. The summed E-state index contributed by atoms with van der Waals surface area (Å²) < 4.78 is 10.5. The Morgan fingerprint density at radius 3 is 2.95 bits per heavy atom. The number of hydrogen-bond donors (Lipinski definition) is 1. The molecule has 0 unspecified atom stereocenters. The van der Waals surface area contributed by atoms with Crippen LogP contribution in [0.4, 0.5) is 10.5 Å². The number of benzene rings is 1. The molecule has 0 saturated carbocycles. The summed E-state index contributed by atoms with van der Waals surface area (Å²) in [6, 6.07) is 5.35. The lowest BCUT2D eigenvalue weighted by Gasteiger charge is -2.33. The number of anilines is 1. The van der Waals surface area contributed by atoms with Crippen molar-refractivity contribution in [1.82, 2.24) is 5.32 Å². The molecule has 0 radical (unpaired) electrons. The molecule has 1 atom stereocenters. The molecule has 0 spiro atoms. The van der Waals surface area contributed by atoms with Crippen molar-refractivity contribution in [3.8, 4) is 5.75 Å². The highest BCUT2D eigenvalue weighted by Crippen LogP contribution is 2.34. The fourth-order valence-corrected chi connectivity index (χ4v) is 2.20. The average Bonchev–Trinajstić information content (AvgIpc) is 2.44. The molecule has 21 heavy (non-hydrogen) atoms. The smallest absolute Gasteiger partial charge is 0.325 e. The van der Waals surface area contributed by atoms with Gasteiger partial charge in [0.15, 0.2) is 0 Å². The zero-order valence-corrected chi connectivity index (χ0v) is 12.5. The van der Waals surface area contributed by atoms with E-state index in [2.05, 4.69) is 5.32 Å². The first-order chi connectivity index (χ1) is 10.0. The first kappa shape index (κ1) is 15.2. The number of carbonyl (C=O) groups excluding carboxylic acids is 2. The van der Waals surface area contributed by atoms with Gasteiger partial charge >= 0.3 is 12.0 Å². The van der Waals surface area contributed by atoms with Crippen LogP contribution in [0.3, 0.4) is 0 Å². The maximum Gasteiger partial charge on any atom is 0.325 e. The monoisotopic (exact) mass is 292 g/mol. The van der Waals surface area contributed by atoms with Gasteiger partial charge in [-0.1, -0.05) is 6.07 Å². The Morgan fingerprint density at radius 2 is 2.24 bits per heavy atom. The lowest BCUT2D eigenvalue weighted by molar-refractivity contribution is -0.141. The highest BCUT2D eigenvalue weighted by molar-refractivity contribution is 5.95. The van der Waals surface area contributed by atoms with Crippen LogP contribution in [-0.2, 0) is 9.53 Å². The van der Waals surface area contributed by atoms with Gasteiger partial charge in [-0.3, -0.25) is 9.69 Å². The average molecular weight is 292 g/mol. The van der Waals surface area contributed by atoms with E-state index in [9.17, 15) is 9.59 Å². The number of fused-ring (bicyclic) bond motifs is 1. The van der Waals surface area contributed by atoms with E-state index in [1.54, 1.807) is 11.8 Å². The van der Waals surface area contributed by atoms with E-state index in [0.717, 1.165) is 11.3 Å². The molecule has 2 amide bonds. The second-order valence-corrected chi connectivity index (χ2v) is 4.97. The van der Waals surface area contributed by atoms with Crippen LogP contribution in [0.25, 0.3) is 0 Å². The maximum atomic E-state index is 12.3. The Hall–Kier alpha value is -2.24. The van der Waals surface area contributed by atoms with Gasteiger partial charge in [0.05, 0.1) is 18.8 Å². The molecular weight excluding hydrogens is 272 g/mol. The number of aryl methyl sites for hydroxylation is 1. The lowest BCUT2D eigenvalue weighted by atomic mass is 10.1. The number of rotatable bonds is 3. The van der Waals surface area contributed by atoms with Gasteiger partial charge in [-0.25, -0.2) is 4.79 Å². The molecule has 1 aromatic rings. The standard InChI is InChI=1S/C15H20N2O4/c1-4-20-14(18)8-16-15(19)17-9-11(3)21-13-6-5-10(2)7-12(13)17/h5-7,11H,4,8-9H2,1-3H3,(H,16,19)/t11-/m0/s1. The van der Waals surface area contributed by atoms with Gasteiger partial charge in [0, 0.05) is 0 Å². The Bertz CT molecular complexity index is 544. The van der Waals surface area contributed by atoms with E-state index in [4.69, 9.17) is 9.47 Å². The third kappa shape index (κ3) is 3.65. The van der Waals surface area contributed by atoms with Crippen LogP contribution in [-0.4, -0.2) is 37.8 Å². The molecule has 1 N–H and O–H groups in total. The molecule has 2 rings (SSSR count). The van der Waals surface area contributed by atoms with Crippen LogP contribution in [0.5, 0.6) is 5.75 Å². The van der Waals surface area contributed by atoms with E-state index in [1.165, 1.54) is 0 Å². The predicted octanol–water partition coefficient (Wildman–Crippen LogP) is 1.86. The topological polar surface area (TPSA) is 67.9 Å². The van der Waals surface area contributed by atoms with Crippen LogP contribution in [0, 0.1) is 6.92 Å². The minimum atomic E-state index is -0.448. The molecule has 0 aliphatic carbocycles. The summed E-state index contributed by atoms with van der Waals surface area (Å²) in [5.74, 6) is 0.224. The van der Waals surface area contributed by atoms with Crippen LogP contribution in [0.15, 0.2) is 18.2 Å². The zero-order valence-electron chi connectivity index (χ0n) is 12.5. The van der Waals surface area contributed by atoms with Crippen LogP contribution in [0.2, 0.25) is 0 Å². The summed E-state index contributed by atoms with van der Waals surface area (Å²) >= 11 is 0. The Morgan fingerprint density at radius 1 is 1.48 bits per heavy atom. The van der Waals surface area contributed by atoms with Crippen molar-refractivity contribution in [2.45, 2.75) is 26.9 Å². The third-order valence-electron chi connectivity index (χ3n) is 3.11. The van der Waals surface area contributed by atoms with Crippen molar-refractivity contribution in [2.75, 3.05) is 24.6 Å². The van der Waals surface area contributed by atoms with Crippen LogP contribution < -0.4 is 15.0 Å². The van der Waals surface area contributed by atoms with Crippen molar-refractivity contribution in [1.29, 1.82) is 0 Å². The van der Waals surface area contributed by atoms with E-state index >= 15 is 0 Å². The van der Waals surface area contributed by atoms with Gasteiger partial charge in [0.25, 0.3) is 0 Å². The maximum absolute atomic E-state index is 12.3. The number of urea groups is 1. The Kier molecular flexibility index (Phi) is 4.67. The van der Waals surface area contributed by atoms with Crippen molar-refractivity contribution in [2.24, 2.45) is 0 Å². The second kappa shape index (κ2) is 6.47. The number of carbonyl (C=O) groups is 2. The quantitative estimate of drug-likeness (QED) is 0.863. The Labute approximate surface area is 124 Å². The molecule has 6 heteroatoms. The molecule has 114 valence electrons. The fourth-order valence-electron chi connectivity index (χ4n) is 2.20. The molecule has 6 nitrogen and oxygen atoms in total. The number of amides is 2. The van der Waals surface area contributed by atoms with Gasteiger partial charge in [0.2, 0.25) is 0 Å². The van der Waals surface area contributed by atoms with Gasteiger partial charge in [-0.05, 0) is 38.5 Å². The summed E-state index contributed by atoms with van der Waals surface area (Å²) in [5, 5.41) is 2.57. The summed E-state index contributed by atoms with van der Waals surface area (Å²) in [6.45, 7) is 6.17. The molecule has 0 saturated heterocycles. The second-order valence-electron chi connectivity index (χ2n) is 4.97. The number of hydrogen-bond acceptors (Lipinski definition) is 4. The summed E-state index contributed by atoms with van der Waals surface area (Å²) in [6.07, 6.45) is -0.103. The highest BCUT2D eigenvalue weighted by Gasteiger charge is 2.27. The van der Waals surface area contributed by atoms with Crippen LogP contribution >= 0.6 is 0 Å². The third-order valence-corrected chi connectivity index (χ3v) is 3.11. The lowest BCUT2D eigenvalue weighted by Crippen LogP contribution is -2.48. The van der Waals surface area contributed by atoms with Gasteiger partial charge in [-0.15, -0.1) is 0 Å². The van der Waals surface area contributed by atoms with Gasteiger partial charge in [0.1, 0.15) is 18.4 Å². The number of nitrogens with zero attached hydrogens (tertiary/aromatic N) is 1. The van der Waals surface area contributed by atoms with Crippen molar-refractivity contribution < 1.29 is 19.1 Å². The molecule has 1 aliphatic rings. The van der Waals surface area contributed by atoms with E-state index in [1.807, 2.05) is 32.0 Å². The SMILES string of the molecule is CCOC(=O)CNC(=O)N1C[C@H](C)Oc2ccc(C)cc21. The van der Waals surface area contributed by atoms with Gasteiger partial charge in [-0.2, -0.15) is 0 Å². The minimum absolute atomic E-state index is 0.103. The molecule has 0 bridgehead atoms. The Balaban J connectivity index is 2.11. The summed E-state index contributed by atoms with van der Waals surface area (Å²) in [7, 11) is 0. The van der Waals surface area contributed by atoms with Crippen molar-refractivity contribution in [3.63, 3.8) is 0 Å². The molecule has 1 aromatic carbocycles. The normalized spacial score (nSPS) is 16.7. The number of nitrogens with one attached hydrogen (secondary N) is 1. The summed E-state index contributed by atoms with van der Waals surface area (Å²) in [4.78, 5) is 25.2. The predicted molar refractivity (Wildman–Crippen MR) is 78.6 cm³/mol.